The molecule has 2 aromatic rings. The summed E-state index contributed by atoms with van der Waals surface area (Å²) in [7, 11) is 3.10. The summed E-state index contributed by atoms with van der Waals surface area (Å²) in [6.45, 7) is 2.80. The lowest BCUT2D eigenvalue weighted by molar-refractivity contribution is 0.0986. The van der Waals surface area contributed by atoms with Crippen LogP contribution in [0.15, 0.2) is 24.5 Å². The predicted octanol–water partition coefficient (Wildman–Crippen LogP) is 2.13. The molecule has 1 heterocycles. The van der Waals surface area contributed by atoms with Gasteiger partial charge in [0.25, 0.3) is 0 Å². The third-order valence-electron chi connectivity index (χ3n) is 3.16. The number of carbonyl (C=O) groups is 1. The van der Waals surface area contributed by atoms with Gasteiger partial charge in [0.15, 0.2) is 5.78 Å². The lowest BCUT2D eigenvalue weighted by Crippen LogP contribution is -2.12. The Balaban J connectivity index is 2.25. The number of carbonyl (C=O) groups excluding carboxylic acids is 1. The summed E-state index contributed by atoms with van der Waals surface area (Å²) >= 11 is 0. The molecule has 1 aromatic carbocycles. The van der Waals surface area contributed by atoms with Crippen molar-refractivity contribution in [3.63, 3.8) is 0 Å². The number of hydrogen-bond donors (Lipinski definition) is 0. The van der Waals surface area contributed by atoms with E-state index in [4.69, 9.17) is 9.47 Å². The first kappa shape index (κ1) is 15.0. The van der Waals surface area contributed by atoms with Gasteiger partial charge >= 0.3 is 0 Å². The van der Waals surface area contributed by atoms with Crippen LogP contribution in [-0.4, -0.2) is 34.8 Å². The van der Waals surface area contributed by atoms with E-state index in [0.29, 0.717) is 22.9 Å². The van der Waals surface area contributed by atoms with Crippen LogP contribution in [0.2, 0.25) is 0 Å². The smallest absolute Gasteiger partial charge is 0.174 e. The van der Waals surface area contributed by atoms with Crippen LogP contribution in [-0.2, 0) is 13.0 Å². The highest BCUT2D eigenvalue weighted by atomic mass is 16.5. The summed E-state index contributed by atoms with van der Waals surface area (Å²) < 4.78 is 12.2. The summed E-state index contributed by atoms with van der Waals surface area (Å²) in [4.78, 5) is 16.7. The van der Waals surface area contributed by atoms with Crippen LogP contribution in [0.25, 0.3) is 0 Å². The van der Waals surface area contributed by atoms with Crippen LogP contribution in [0.3, 0.4) is 0 Å². The number of nitrogens with zero attached hydrogens (tertiary/aromatic N) is 3. The minimum Gasteiger partial charge on any atom is -0.497 e. The zero-order chi connectivity index (χ0) is 15.2. The van der Waals surface area contributed by atoms with Gasteiger partial charge in [0.2, 0.25) is 0 Å². The van der Waals surface area contributed by atoms with E-state index in [1.165, 1.54) is 13.4 Å². The Labute approximate surface area is 123 Å². The Hall–Kier alpha value is -2.37. The molecule has 0 N–H and O–H groups in total. The maximum atomic E-state index is 12.5. The van der Waals surface area contributed by atoms with Gasteiger partial charge in [-0.15, -0.1) is 0 Å². The Morgan fingerprint density at radius 3 is 2.76 bits per heavy atom. The number of ketones is 1. The predicted molar refractivity (Wildman–Crippen MR) is 77.9 cm³/mol. The highest BCUT2D eigenvalue weighted by molar-refractivity contribution is 6.00. The van der Waals surface area contributed by atoms with Gasteiger partial charge in [-0.1, -0.05) is 6.92 Å². The average molecular weight is 289 g/mol. The molecule has 0 bridgehead atoms. The summed E-state index contributed by atoms with van der Waals surface area (Å²) in [6, 6.07) is 5.17. The van der Waals surface area contributed by atoms with Crippen LogP contribution in [0.1, 0.15) is 29.5 Å². The Kier molecular flexibility index (Phi) is 4.92. The molecule has 2 rings (SSSR count). The SMILES string of the molecule is CCCn1ncnc1CC(=O)c1cc(OC)ccc1OC. The molecular formula is C15H19N3O3. The molecule has 6 nitrogen and oxygen atoms in total. The molecule has 0 aliphatic carbocycles. The minimum atomic E-state index is -0.0731. The normalized spacial score (nSPS) is 10.4. The van der Waals surface area contributed by atoms with E-state index in [1.807, 2.05) is 0 Å². The van der Waals surface area contributed by atoms with E-state index in [2.05, 4.69) is 17.0 Å². The van der Waals surface area contributed by atoms with Crippen LogP contribution >= 0.6 is 0 Å². The Morgan fingerprint density at radius 2 is 2.10 bits per heavy atom. The van der Waals surface area contributed by atoms with Gasteiger partial charge in [-0.3, -0.25) is 4.79 Å². The number of aromatic nitrogens is 3. The minimum absolute atomic E-state index is 0.0731. The number of Topliss-reactive ketones (excluding diaryl/α,β-unsaturated/α-hetero) is 1. The molecular weight excluding hydrogens is 270 g/mol. The molecule has 0 radical (unpaired) electrons. The summed E-state index contributed by atoms with van der Waals surface area (Å²) in [5, 5.41) is 4.13. The third kappa shape index (κ3) is 3.39. The number of aryl methyl sites for hydroxylation is 1. The number of ether oxygens (including phenoxy) is 2. The van der Waals surface area contributed by atoms with Crippen LogP contribution in [0.4, 0.5) is 0 Å². The molecule has 21 heavy (non-hydrogen) atoms. The first-order valence-corrected chi connectivity index (χ1v) is 6.81. The molecule has 1 aromatic heterocycles. The largest absolute Gasteiger partial charge is 0.497 e. The van der Waals surface area contributed by atoms with Crippen molar-refractivity contribution < 1.29 is 14.3 Å². The van der Waals surface area contributed by atoms with Crippen LogP contribution < -0.4 is 9.47 Å². The summed E-state index contributed by atoms with van der Waals surface area (Å²) in [5.74, 6) is 1.74. The number of methoxy groups -OCH3 is 2. The van der Waals surface area contributed by atoms with Crippen molar-refractivity contribution in [3.8, 4) is 11.5 Å². The maximum absolute atomic E-state index is 12.5. The van der Waals surface area contributed by atoms with Crippen molar-refractivity contribution >= 4 is 5.78 Å². The number of benzene rings is 1. The van der Waals surface area contributed by atoms with Crippen LogP contribution in [0, 0.1) is 0 Å². The molecule has 0 saturated heterocycles. The molecule has 0 amide bonds. The fourth-order valence-corrected chi connectivity index (χ4v) is 2.09. The van der Waals surface area contributed by atoms with Gasteiger partial charge in [-0.25, -0.2) is 9.67 Å². The average Bonchev–Trinajstić information content (AvgIpc) is 2.94. The Bertz CT molecular complexity index is 622. The van der Waals surface area contributed by atoms with E-state index in [0.717, 1.165) is 13.0 Å². The monoisotopic (exact) mass is 289 g/mol. The second-order valence-electron chi connectivity index (χ2n) is 4.57. The highest BCUT2D eigenvalue weighted by Crippen LogP contribution is 2.25. The van der Waals surface area contributed by atoms with Crippen molar-refractivity contribution in [2.45, 2.75) is 26.3 Å². The van der Waals surface area contributed by atoms with Gasteiger partial charge in [-0.2, -0.15) is 5.10 Å². The lowest BCUT2D eigenvalue weighted by Gasteiger charge is -2.10. The maximum Gasteiger partial charge on any atom is 0.174 e. The van der Waals surface area contributed by atoms with Crippen molar-refractivity contribution in [1.82, 2.24) is 14.8 Å². The zero-order valence-electron chi connectivity index (χ0n) is 12.5. The van der Waals surface area contributed by atoms with Crippen molar-refractivity contribution in [2.75, 3.05) is 14.2 Å². The quantitative estimate of drug-likeness (QED) is 0.730. The standard InChI is InChI=1S/C15H19N3O3/c1-4-7-18-15(16-10-17-18)9-13(19)12-8-11(20-2)5-6-14(12)21-3/h5-6,8,10H,4,7,9H2,1-3H3. The van der Waals surface area contributed by atoms with Crippen molar-refractivity contribution in [3.05, 3.63) is 35.9 Å². The number of rotatable bonds is 7. The molecule has 0 aliphatic rings. The zero-order valence-corrected chi connectivity index (χ0v) is 12.5. The Morgan fingerprint density at radius 1 is 1.29 bits per heavy atom. The van der Waals surface area contributed by atoms with E-state index >= 15 is 0 Å². The van der Waals surface area contributed by atoms with E-state index in [1.54, 1.807) is 30.0 Å². The molecule has 0 saturated carbocycles. The molecule has 6 heteroatoms. The molecule has 0 fully saturated rings. The van der Waals surface area contributed by atoms with E-state index in [9.17, 15) is 4.79 Å². The van der Waals surface area contributed by atoms with Gasteiger partial charge in [0.1, 0.15) is 23.7 Å². The summed E-state index contributed by atoms with van der Waals surface area (Å²) in [5.41, 5.74) is 0.489. The second kappa shape index (κ2) is 6.88. The van der Waals surface area contributed by atoms with Crippen molar-refractivity contribution in [1.29, 1.82) is 0 Å². The molecule has 0 aliphatic heterocycles. The van der Waals surface area contributed by atoms with Gasteiger partial charge in [-0.05, 0) is 24.6 Å². The van der Waals surface area contributed by atoms with E-state index in [-0.39, 0.29) is 12.2 Å². The topological polar surface area (TPSA) is 66.2 Å². The lowest BCUT2D eigenvalue weighted by atomic mass is 10.1. The third-order valence-corrected chi connectivity index (χ3v) is 3.16. The molecule has 0 spiro atoms. The first-order valence-electron chi connectivity index (χ1n) is 6.81. The summed E-state index contributed by atoms with van der Waals surface area (Å²) in [6.07, 6.45) is 2.59. The van der Waals surface area contributed by atoms with E-state index < -0.39 is 0 Å². The van der Waals surface area contributed by atoms with Gasteiger partial charge in [0.05, 0.1) is 26.2 Å². The number of hydrogen-bond acceptors (Lipinski definition) is 5. The second-order valence-corrected chi connectivity index (χ2v) is 4.57. The highest BCUT2D eigenvalue weighted by Gasteiger charge is 2.17. The fourth-order valence-electron chi connectivity index (χ4n) is 2.09. The molecule has 0 unspecified atom stereocenters. The van der Waals surface area contributed by atoms with Gasteiger partial charge < -0.3 is 9.47 Å². The van der Waals surface area contributed by atoms with Crippen LogP contribution in [0.5, 0.6) is 11.5 Å². The van der Waals surface area contributed by atoms with Crippen molar-refractivity contribution in [2.24, 2.45) is 0 Å². The molecule has 112 valence electrons. The first-order chi connectivity index (χ1) is 10.2. The fraction of sp³-hybridized carbons (Fsp3) is 0.400. The van der Waals surface area contributed by atoms with Gasteiger partial charge in [0, 0.05) is 6.54 Å². The molecule has 0 atom stereocenters.